The number of nitrogens with one attached hydrogen (secondary N) is 2. The van der Waals surface area contributed by atoms with Gasteiger partial charge in [-0.05, 0) is 55.5 Å². The van der Waals surface area contributed by atoms with Gasteiger partial charge in [-0.1, -0.05) is 31.2 Å². The summed E-state index contributed by atoms with van der Waals surface area (Å²) in [6.07, 6.45) is 4.20. The highest BCUT2D eigenvalue weighted by Gasteiger charge is 2.31. The second-order valence-corrected chi connectivity index (χ2v) is 8.75. The number of nitrogens with zero attached hydrogens (tertiary/aromatic N) is 1. The molecule has 3 heterocycles. The molecule has 1 aromatic heterocycles. The molecule has 0 aliphatic carbocycles. The standard InChI is InChI=1S/C27H25F2N3O2/c1-3-12-32-13-6-11-20-23(27(32)34)15(2)22(30-20)14-18-24-16(7-5-10-21(24)31-26(18)33)17-8-4-9-19(28)25(17)29/h4-5,7-10,14,30H,3,6,11-13H2,1-2H3,(H,31,33)/b18-14-. The average molecular weight is 462 g/mol. The number of carbonyl (C=O) groups excluding carboxylic acids is 2. The Morgan fingerprint density at radius 2 is 1.82 bits per heavy atom. The van der Waals surface area contributed by atoms with Crippen LogP contribution in [0, 0.1) is 18.6 Å². The predicted octanol–water partition coefficient (Wildman–Crippen LogP) is 5.56. The van der Waals surface area contributed by atoms with E-state index in [9.17, 15) is 18.4 Å². The molecule has 5 rings (SSSR count). The molecule has 7 heteroatoms. The van der Waals surface area contributed by atoms with Gasteiger partial charge in [-0.2, -0.15) is 0 Å². The number of fused-ring (bicyclic) bond motifs is 2. The van der Waals surface area contributed by atoms with Crippen molar-refractivity contribution in [2.75, 3.05) is 18.4 Å². The van der Waals surface area contributed by atoms with E-state index < -0.39 is 11.6 Å². The summed E-state index contributed by atoms with van der Waals surface area (Å²) in [5, 5.41) is 2.82. The van der Waals surface area contributed by atoms with Crippen molar-refractivity contribution < 1.29 is 18.4 Å². The zero-order valence-corrected chi connectivity index (χ0v) is 19.1. The van der Waals surface area contributed by atoms with Crippen LogP contribution < -0.4 is 5.32 Å². The number of aromatic amines is 1. The Bertz CT molecular complexity index is 1360. The van der Waals surface area contributed by atoms with Gasteiger partial charge in [-0.3, -0.25) is 9.59 Å². The summed E-state index contributed by atoms with van der Waals surface area (Å²) in [5.74, 6) is -2.23. The maximum Gasteiger partial charge on any atom is 0.256 e. The third-order valence-corrected chi connectivity index (χ3v) is 6.57. The molecule has 0 spiro atoms. The van der Waals surface area contributed by atoms with E-state index >= 15 is 0 Å². The van der Waals surface area contributed by atoms with Crippen LogP contribution in [0.4, 0.5) is 14.5 Å². The van der Waals surface area contributed by atoms with Gasteiger partial charge in [0.25, 0.3) is 11.8 Å². The number of hydrogen-bond donors (Lipinski definition) is 2. The Morgan fingerprint density at radius 3 is 2.62 bits per heavy atom. The van der Waals surface area contributed by atoms with Gasteiger partial charge in [0.15, 0.2) is 11.6 Å². The number of benzene rings is 2. The van der Waals surface area contributed by atoms with Gasteiger partial charge in [0.05, 0.1) is 11.1 Å². The number of anilines is 1. The zero-order valence-electron chi connectivity index (χ0n) is 19.1. The lowest BCUT2D eigenvalue weighted by Gasteiger charge is -2.20. The molecular formula is C27H25F2N3O2. The normalized spacial score (nSPS) is 16.5. The Labute approximate surface area is 196 Å². The summed E-state index contributed by atoms with van der Waals surface area (Å²) in [4.78, 5) is 31.4. The summed E-state index contributed by atoms with van der Waals surface area (Å²) in [6, 6.07) is 9.12. The number of rotatable bonds is 4. The van der Waals surface area contributed by atoms with Gasteiger partial charge < -0.3 is 15.2 Å². The molecule has 5 nitrogen and oxygen atoms in total. The third-order valence-electron chi connectivity index (χ3n) is 6.57. The molecule has 34 heavy (non-hydrogen) atoms. The number of carbonyl (C=O) groups is 2. The molecule has 2 aliphatic heterocycles. The van der Waals surface area contributed by atoms with Crippen molar-refractivity contribution in [3.63, 3.8) is 0 Å². The lowest BCUT2D eigenvalue weighted by molar-refractivity contribution is -0.110. The first kappa shape index (κ1) is 22.1. The molecule has 174 valence electrons. The molecule has 0 unspecified atom stereocenters. The fourth-order valence-electron chi connectivity index (χ4n) is 4.96. The van der Waals surface area contributed by atoms with Gasteiger partial charge in [0, 0.05) is 41.3 Å². The van der Waals surface area contributed by atoms with E-state index in [2.05, 4.69) is 10.3 Å². The molecule has 2 amide bonds. The Balaban J connectivity index is 1.64. The summed E-state index contributed by atoms with van der Waals surface area (Å²) in [5.41, 5.74) is 4.89. The quantitative estimate of drug-likeness (QED) is 0.500. The van der Waals surface area contributed by atoms with Crippen LogP contribution in [-0.4, -0.2) is 34.8 Å². The third kappa shape index (κ3) is 3.52. The first-order valence-corrected chi connectivity index (χ1v) is 11.5. The molecule has 2 N–H and O–H groups in total. The lowest BCUT2D eigenvalue weighted by Crippen LogP contribution is -2.31. The van der Waals surface area contributed by atoms with Gasteiger partial charge in [0.2, 0.25) is 0 Å². The smallest absolute Gasteiger partial charge is 0.256 e. The van der Waals surface area contributed by atoms with Crippen molar-refractivity contribution in [2.24, 2.45) is 0 Å². The van der Waals surface area contributed by atoms with E-state index in [1.165, 1.54) is 12.1 Å². The minimum absolute atomic E-state index is 0.00606. The maximum absolute atomic E-state index is 14.7. The fourth-order valence-corrected chi connectivity index (χ4v) is 4.96. The molecule has 3 aromatic rings. The largest absolute Gasteiger partial charge is 0.358 e. The maximum atomic E-state index is 14.7. The number of aromatic nitrogens is 1. The molecular weight excluding hydrogens is 436 g/mol. The molecule has 0 saturated heterocycles. The van der Waals surface area contributed by atoms with Crippen LogP contribution in [0.15, 0.2) is 36.4 Å². The topological polar surface area (TPSA) is 65.2 Å². The van der Waals surface area contributed by atoms with Crippen LogP contribution in [0.1, 0.15) is 52.6 Å². The first-order chi connectivity index (χ1) is 16.4. The van der Waals surface area contributed by atoms with Crippen LogP contribution >= 0.6 is 0 Å². The number of halogens is 2. The summed E-state index contributed by atoms with van der Waals surface area (Å²) < 4.78 is 28.6. The van der Waals surface area contributed by atoms with Gasteiger partial charge in [-0.15, -0.1) is 0 Å². The number of hydrogen-bond acceptors (Lipinski definition) is 2. The highest BCUT2D eigenvalue weighted by Crippen LogP contribution is 2.42. The minimum Gasteiger partial charge on any atom is -0.358 e. The number of aryl methyl sites for hydroxylation is 1. The van der Waals surface area contributed by atoms with Gasteiger partial charge in [-0.25, -0.2) is 8.78 Å². The van der Waals surface area contributed by atoms with E-state index in [1.807, 2.05) is 18.7 Å². The van der Waals surface area contributed by atoms with Crippen LogP contribution in [0.2, 0.25) is 0 Å². The summed E-state index contributed by atoms with van der Waals surface area (Å²) in [7, 11) is 0. The van der Waals surface area contributed by atoms with Crippen LogP contribution in [0.3, 0.4) is 0 Å². The second-order valence-electron chi connectivity index (χ2n) is 8.75. The van der Waals surface area contributed by atoms with Crippen LogP contribution in [-0.2, 0) is 11.2 Å². The number of amides is 2. The highest BCUT2D eigenvalue weighted by atomic mass is 19.2. The van der Waals surface area contributed by atoms with E-state index in [0.29, 0.717) is 40.2 Å². The Kier molecular flexibility index (Phi) is 5.55. The van der Waals surface area contributed by atoms with Crippen LogP contribution in [0.25, 0.3) is 22.8 Å². The molecule has 0 radical (unpaired) electrons. The Hall–Kier alpha value is -3.74. The van der Waals surface area contributed by atoms with Crippen molar-refractivity contribution in [1.82, 2.24) is 9.88 Å². The predicted molar refractivity (Wildman–Crippen MR) is 128 cm³/mol. The van der Waals surface area contributed by atoms with E-state index in [-0.39, 0.29) is 17.4 Å². The highest BCUT2D eigenvalue weighted by molar-refractivity contribution is 6.36. The molecule has 0 bridgehead atoms. The van der Waals surface area contributed by atoms with Crippen molar-refractivity contribution in [2.45, 2.75) is 33.1 Å². The van der Waals surface area contributed by atoms with E-state index in [0.717, 1.165) is 43.1 Å². The lowest BCUT2D eigenvalue weighted by atomic mass is 9.93. The summed E-state index contributed by atoms with van der Waals surface area (Å²) in [6.45, 7) is 5.36. The van der Waals surface area contributed by atoms with Crippen molar-refractivity contribution in [1.29, 1.82) is 0 Å². The van der Waals surface area contributed by atoms with Crippen LogP contribution in [0.5, 0.6) is 0 Å². The van der Waals surface area contributed by atoms with Gasteiger partial charge in [0.1, 0.15) is 0 Å². The molecule has 0 fully saturated rings. The van der Waals surface area contributed by atoms with Crippen molar-refractivity contribution in [3.05, 3.63) is 76.1 Å². The van der Waals surface area contributed by atoms with E-state index in [1.54, 1.807) is 24.3 Å². The first-order valence-electron chi connectivity index (χ1n) is 11.5. The fraction of sp³-hybridized carbons (Fsp3) is 0.259. The number of H-pyrrole nitrogens is 1. The monoisotopic (exact) mass is 461 g/mol. The minimum atomic E-state index is -0.959. The van der Waals surface area contributed by atoms with Gasteiger partial charge >= 0.3 is 0 Å². The van der Waals surface area contributed by atoms with E-state index in [4.69, 9.17) is 0 Å². The average Bonchev–Trinajstić information content (AvgIpc) is 3.25. The summed E-state index contributed by atoms with van der Waals surface area (Å²) >= 11 is 0. The molecule has 0 atom stereocenters. The molecule has 2 aromatic carbocycles. The SMILES string of the molecule is CCCN1CCCc2[nH]c(/C=C3\C(=O)Nc4cccc(-c5cccc(F)c5F)c43)c(C)c2C1=O. The Morgan fingerprint density at radius 1 is 1.06 bits per heavy atom. The van der Waals surface area contributed by atoms with Crippen molar-refractivity contribution >= 4 is 29.2 Å². The van der Waals surface area contributed by atoms with Crippen molar-refractivity contribution in [3.8, 4) is 11.1 Å². The molecule has 0 saturated carbocycles. The molecule has 2 aliphatic rings. The second kappa shape index (κ2) is 8.56. The zero-order chi connectivity index (χ0) is 24.0.